The van der Waals surface area contributed by atoms with Gasteiger partial charge in [0.25, 0.3) is 0 Å². The van der Waals surface area contributed by atoms with E-state index in [2.05, 4.69) is 0 Å². The normalized spacial score (nSPS) is 30.9. The van der Waals surface area contributed by atoms with Crippen molar-refractivity contribution in [1.82, 2.24) is 5.06 Å². The van der Waals surface area contributed by atoms with Gasteiger partial charge in [0.05, 0.1) is 32.0 Å². The van der Waals surface area contributed by atoms with E-state index in [9.17, 15) is 9.77 Å². The molecule has 0 aliphatic carbocycles. The summed E-state index contributed by atoms with van der Waals surface area (Å²) in [6.45, 7) is 14.6. The molecule has 4 rings (SSSR count). The number of hydrogen-bond donors (Lipinski definition) is 1. The Labute approximate surface area is 231 Å². The molecular weight excluding hydrogens is 529 g/mol. The van der Waals surface area contributed by atoms with E-state index in [-0.39, 0.29) is 19.8 Å². The summed E-state index contributed by atoms with van der Waals surface area (Å²) in [6, 6.07) is 9.58. The molecule has 11 nitrogen and oxygen atoms in total. The van der Waals surface area contributed by atoms with Crippen LogP contribution < -0.4 is 0 Å². The van der Waals surface area contributed by atoms with E-state index in [1.165, 1.54) is 0 Å². The lowest BCUT2D eigenvalue weighted by molar-refractivity contribution is -0.280. The van der Waals surface area contributed by atoms with E-state index in [1.54, 1.807) is 41.5 Å². The fourth-order valence-corrected chi connectivity index (χ4v) is 7.30. The minimum Gasteiger partial charge on any atom is -0.374 e. The molecule has 39 heavy (non-hydrogen) atoms. The Balaban J connectivity index is 1.61. The van der Waals surface area contributed by atoms with E-state index >= 15 is 0 Å². The second-order valence-corrected chi connectivity index (χ2v) is 13.7. The summed E-state index contributed by atoms with van der Waals surface area (Å²) < 4.78 is 62.6. The molecule has 0 aromatic heterocycles. The van der Waals surface area contributed by atoms with Gasteiger partial charge in [-0.2, -0.15) is 0 Å². The lowest BCUT2D eigenvalue weighted by atomic mass is 10.1. The Hall–Kier alpha value is -0.950. The third-order valence-electron chi connectivity index (χ3n) is 6.49. The standard InChI is InChI=1S/C27H44NO10P/c1-17(2)37-39(30,38-18(3)4)21(16-31-14-19-12-10-9-11-13-19)28(29)25-24-23(35-27(7,8)36-24)22(33-25)20-15-32-26(5,6)34-20/h9-13,17-18,20-25,29H,14-16H2,1-8H3/t20?,21-,22-,23+,24+,25+/m1/s1. The van der Waals surface area contributed by atoms with Crippen LogP contribution in [0.4, 0.5) is 0 Å². The Bertz CT molecular complexity index is 976. The highest BCUT2D eigenvalue weighted by atomic mass is 31.2. The van der Waals surface area contributed by atoms with E-state index < -0.39 is 67.8 Å². The first kappa shape index (κ1) is 31.0. The van der Waals surface area contributed by atoms with Crippen LogP contribution in [-0.4, -0.2) is 83.7 Å². The maximum Gasteiger partial charge on any atom is 0.353 e. The van der Waals surface area contributed by atoms with Crippen LogP contribution >= 0.6 is 7.60 Å². The number of benzene rings is 1. The Morgan fingerprint density at radius 1 is 0.949 bits per heavy atom. The molecule has 12 heteroatoms. The smallest absolute Gasteiger partial charge is 0.353 e. The molecule has 1 unspecified atom stereocenters. The summed E-state index contributed by atoms with van der Waals surface area (Å²) in [4.78, 5) is 0. The van der Waals surface area contributed by atoms with Crippen molar-refractivity contribution in [2.24, 2.45) is 0 Å². The van der Waals surface area contributed by atoms with Crippen molar-refractivity contribution in [1.29, 1.82) is 0 Å². The van der Waals surface area contributed by atoms with Crippen LogP contribution in [0.3, 0.4) is 0 Å². The number of hydroxylamine groups is 2. The predicted octanol–water partition coefficient (Wildman–Crippen LogP) is 4.66. The topological polar surface area (TPSA) is 114 Å². The quantitative estimate of drug-likeness (QED) is 0.278. The number of fused-ring (bicyclic) bond motifs is 1. The third-order valence-corrected chi connectivity index (χ3v) is 9.03. The molecule has 6 atom stereocenters. The minimum atomic E-state index is -3.99. The maximum absolute atomic E-state index is 14.3. The van der Waals surface area contributed by atoms with Crippen LogP contribution in [0.1, 0.15) is 61.0 Å². The second-order valence-electron chi connectivity index (χ2n) is 11.6. The van der Waals surface area contributed by atoms with Gasteiger partial charge in [-0.25, -0.2) is 0 Å². The molecule has 3 heterocycles. The first-order chi connectivity index (χ1) is 18.2. The molecule has 3 aliphatic rings. The van der Waals surface area contributed by atoms with Crippen molar-refractivity contribution < 1.29 is 47.2 Å². The summed E-state index contributed by atoms with van der Waals surface area (Å²) in [5.41, 5.74) is 0.928. The molecule has 0 spiro atoms. The zero-order valence-electron chi connectivity index (χ0n) is 24.1. The van der Waals surface area contributed by atoms with Crippen LogP contribution in [0.2, 0.25) is 0 Å². The zero-order valence-corrected chi connectivity index (χ0v) is 25.0. The predicted molar refractivity (Wildman–Crippen MR) is 141 cm³/mol. The molecule has 0 amide bonds. The Kier molecular flexibility index (Phi) is 9.63. The number of hydrogen-bond acceptors (Lipinski definition) is 11. The van der Waals surface area contributed by atoms with E-state index in [4.69, 9.17) is 37.5 Å². The first-order valence-corrected chi connectivity index (χ1v) is 15.2. The van der Waals surface area contributed by atoms with Crippen LogP contribution in [0, 0.1) is 0 Å². The highest BCUT2D eigenvalue weighted by Gasteiger charge is 2.62. The monoisotopic (exact) mass is 573 g/mol. The highest BCUT2D eigenvalue weighted by molar-refractivity contribution is 7.54. The van der Waals surface area contributed by atoms with Gasteiger partial charge in [0.15, 0.2) is 23.6 Å². The Morgan fingerprint density at radius 3 is 2.13 bits per heavy atom. The van der Waals surface area contributed by atoms with Crippen LogP contribution in [0.5, 0.6) is 0 Å². The average molecular weight is 574 g/mol. The summed E-state index contributed by atoms with van der Waals surface area (Å²) in [7, 11) is -3.99. The largest absolute Gasteiger partial charge is 0.374 e. The van der Waals surface area contributed by atoms with Crippen molar-refractivity contribution >= 4 is 7.60 Å². The summed E-state index contributed by atoms with van der Waals surface area (Å²) in [6.07, 6.45) is -4.31. The van der Waals surface area contributed by atoms with Gasteiger partial charge in [0, 0.05) is 0 Å². The van der Waals surface area contributed by atoms with Gasteiger partial charge in [-0.1, -0.05) is 30.3 Å². The minimum absolute atomic E-state index is 0.162. The lowest BCUT2D eigenvalue weighted by Crippen LogP contribution is -2.50. The molecular formula is C27H44NO10P. The van der Waals surface area contributed by atoms with Crippen molar-refractivity contribution in [2.45, 2.75) is 122 Å². The van der Waals surface area contributed by atoms with Crippen molar-refractivity contribution in [3.63, 3.8) is 0 Å². The van der Waals surface area contributed by atoms with Crippen LogP contribution in [-0.2, 0) is 48.6 Å². The molecule has 222 valence electrons. The summed E-state index contributed by atoms with van der Waals surface area (Å²) in [5, 5.41) is 12.6. The zero-order chi connectivity index (χ0) is 28.6. The molecule has 3 fully saturated rings. The van der Waals surface area contributed by atoms with Crippen LogP contribution in [0.15, 0.2) is 30.3 Å². The molecule has 3 saturated heterocycles. The number of rotatable bonds is 12. The van der Waals surface area contributed by atoms with Gasteiger partial charge in [-0.05, 0) is 61.0 Å². The van der Waals surface area contributed by atoms with Gasteiger partial charge >= 0.3 is 7.60 Å². The van der Waals surface area contributed by atoms with Gasteiger partial charge in [-0.15, -0.1) is 5.06 Å². The van der Waals surface area contributed by atoms with Gasteiger partial charge in [-0.3, -0.25) is 4.57 Å². The number of nitrogens with zero attached hydrogens (tertiary/aromatic N) is 1. The van der Waals surface area contributed by atoms with E-state index in [0.717, 1.165) is 10.6 Å². The van der Waals surface area contributed by atoms with Crippen molar-refractivity contribution in [3.05, 3.63) is 35.9 Å². The maximum atomic E-state index is 14.3. The second kappa shape index (κ2) is 12.1. The van der Waals surface area contributed by atoms with Gasteiger partial charge in [0.1, 0.15) is 24.4 Å². The Morgan fingerprint density at radius 2 is 1.56 bits per heavy atom. The molecule has 0 bridgehead atoms. The first-order valence-electron chi connectivity index (χ1n) is 13.6. The van der Waals surface area contributed by atoms with Gasteiger partial charge < -0.3 is 42.7 Å². The fraction of sp³-hybridized carbons (Fsp3) is 0.778. The average Bonchev–Trinajstić information content (AvgIpc) is 3.44. The van der Waals surface area contributed by atoms with Crippen molar-refractivity contribution in [3.8, 4) is 0 Å². The SMILES string of the molecule is CC(C)OP(=O)(OC(C)C)[C@H](COCc1ccccc1)N(O)[C@H]1O[C@H](C2COC(C)(C)O2)[C@@H]2OC(C)(C)O[C@@H]21. The summed E-state index contributed by atoms with van der Waals surface area (Å²) >= 11 is 0. The molecule has 0 saturated carbocycles. The van der Waals surface area contributed by atoms with Crippen molar-refractivity contribution in [2.75, 3.05) is 13.2 Å². The van der Waals surface area contributed by atoms with Crippen LogP contribution in [0.25, 0.3) is 0 Å². The molecule has 1 aromatic carbocycles. The van der Waals surface area contributed by atoms with Gasteiger partial charge in [0.2, 0.25) is 0 Å². The van der Waals surface area contributed by atoms with E-state index in [1.807, 2.05) is 44.2 Å². The number of ether oxygens (including phenoxy) is 6. The fourth-order valence-electron chi connectivity index (χ4n) is 5.09. The molecule has 0 radical (unpaired) electrons. The van der Waals surface area contributed by atoms with E-state index in [0.29, 0.717) is 0 Å². The highest BCUT2D eigenvalue weighted by Crippen LogP contribution is 2.57. The summed E-state index contributed by atoms with van der Waals surface area (Å²) in [5.74, 6) is -2.94. The molecule has 1 aromatic rings. The molecule has 3 aliphatic heterocycles. The third kappa shape index (κ3) is 7.47. The molecule has 1 N–H and O–H groups in total. The lowest BCUT2D eigenvalue weighted by Gasteiger charge is -2.37.